The summed E-state index contributed by atoms with van der Waals surface area (Å²) >= 11 is 3.60. The smallest absolute Gasteiger partial charge is 0.114 e. The highest BCUT2D eigenvalue weighted by Crippen LogP contribution is 2.37. The van der Waals surface area contributed by atoms with Gasteiger partial charge in [-0.2, -0.15) is 0 Å². The van der Waals surface area contributed by atoms with Gasteiger partial charge in [0, 0.05) is 4.48 Å². The number of rotatable bonds is 2. The topological polar surface area (TPSA) is 13.1 Å². The maximum Gasteiger partial charge on any atom is 0.114 e. The van der Waals surface area contributed by atoms with Crippen LogP contribution in [0.5, 0.6) is 0 Å². The molecule has 0 aliphatic carbocycles. The van der Waals surface area contributed by atoms with Gasteiger partial charge in [-0.05, 0) is 39.8 Å². The largest absolute Gasteiger partial charge is 0.468 e. The quantitative estimate of drug-likeness (QED) is 0.756. The molecule has 0 saturated heterocycles. The fourth-order valence-electron chi connectivity index (χ4n) is 1.37. The Bertz CT molecular complexity index is 303. The van der Waals surface area contributed by atoms with Crippen molar-refractivity contribution in [1.29, 1.82) is 0 Å². The molecule has 1 nitrogen and oxygen atoms in total. The molecule has 2 heteroatoms. The van der Waals surface area contributed by atoms with E-state index in [4.69, 9.17) is 4.42 Å². The lowest BCUT2D eigenvalue weighted by Gasteiger charge is -2.23. The van der Waals surface area contributed by atoms with Gasteiger partial charge in [-0.15, -0.1) is 0 Å². The van der Waals surface area contributed by atoms with E-state index in [2.05, 4.69) is 43.6 Å². The zero-order valence-electron chi connectivity index (χ0n) is 8.52. The second-order valence-corrected chi connectivity index (χ2v) is 4.71. The molecule has 0 aliphatic rings. The van der Waals surface area contributed by atoms with E-state index in [1.807, 2.05) is 12.1 Å². The molecule has 1 heterocycles. The number of halogens is 1. The SMILES string of the molecule is CC(C)=C(Br)C(C)(C)c1ccco1. The zero-order chi connectivity index (χ0) is 10.1. The van der Waals surface area contributed by atoms with Crippen molar-refractivity contribution in [3.05, 3.63) is 34.2 Å². The van der Waals surface area contributed by atoms with Crippen LogP contribution in [0.25, 0.3) is 0 Å². The summed E-state index contributed by atoms with van der Waals surface area (Å²) in [7, 11) is 0. The molecule has 0 N–H and O–H groups in total. The molecular weight excluding hydrogens is 228 g/mol. The van der Waals surface area contributed by atoms with Crippen LogP contribution in [0.3, 0.4) is 0 Å². The van der Waals surface area contributed by atoms with Crippen molar-refractivity contribution in [3.63, 3.8) is 0 Å². The van der Waals surface area contributed by atoms with Crippen molar-refractivity contribution in [2.45, 2.75) is 33.1 Å². The molecule has 0 aromatic carbocycles. The molecular formula is C11H15BrO. The van der Waals surface area contributed by atoms with Gasteiger partial charge in [0.25, 0.3) is 0 Å². The van der Waals surface area contributed by atoms with Gasteiger partial charge in [-0.3, -0.25) is 0 Å². The summed E-state index contributed by atoms with van der Waals surface area (Å²) in [6.07, 6.45) is 1.71. The van der Waals surface area contributed by atoms with E-state index in [9.17, 15) is 0 Å². The van der Waals surface area contributed by atoms with E-state index in [1.165, 1.54) is 10.1 Å². The van der Waals surface area contributed by atoms with E-state index in [-0.39, 0.29) is 5.41 Å². The van der Waals surface area contributed by atoms with Gasteiger partial charge in [0.05, 0.1) is 11.7 Å². The predicted molar refractivity (Wildman–Crippen MR) is 59.0 cm³/mol. The summed E-state index contributed by atoms with van der Waals surface area (Å²) in [6.45, 7) is 8.47. The average molecular weight is 243 g/mol. The van der Waals surface area contributed by atoms with Crippen LogP contribution in [-0.2, 0) is 5.41 Å². The van der Waals surface area contributed by atoms with Crippen LogP contribution in [0, 0.1) is 0 Å². The fraction of sp³-hybridized carbons (Fsp3) is 0.455. The molecule has 0 aliphatic heterocycles. The molecule has 0 atom stereocenters. The monoisotopic (exact) mass is 242 g/mol. The van der Waals surface area contributed by atoms with Crippen molar-refractivity contribution >= 4 is 15.9 Å². The van der Waals surface area contributed by atoms with Crippen molar-refractivity contribution in [1.82, 2.24) is 0 Å². The highest BCUT2D eigenvalue weighted by molar-refractivity contribution is 9.11. The van der Waals surface area contributed by atoms with Crippen LogP contribution >= 0.6 is 15.9 Å². The maximum atomic E-state index is 5.41. The molecule has 1 rings (SSSR count). The van der Waals surface area contributed by atoms with Gasteiger partial charge in [-0.25, -0.2) is 0 Å². The van der Waals surface area contributed by atoms with Crippen molar-refractivity contribution in [2.24, 2.45) is 0 Å². The average Bonchev–Trinajstić information content (AvgIpc) is 2.54. The lowest BCUT2D eigenvalue weighted by atomic mass is 9.88. The first-order valence-corrected chi connectivity index (χ1v) is 5.13. The Morgan fingerprint density at radius 3 is 2.38 bits per heavy atom. The Balaban J connectivity index is 3.10. The summed E-state index contributed by atoms with van der Waals surface area (Å²) < 4.78 is 6.60. The van der Waals surface area contributed by atoms with E-state index >= 15 is 0 Å². The molecule has 0 bridgehead atoms. The first kappa shape index (κ1) is 10.6. The molecule has 0 fully saturated rings. The molecule has 1 aromatic heterocycles. The molecule has 0 saturated carbocycles. The lowest BCUT2D eigenvalue weighted by Crippen LogP contribution is -2.17. The van der Waals surface area contributed by atoms with Crippen molar-refractivity contribution < 1.29 is 4.42 Å². The molecule has 13 heavy (non-hydrogen) atoms. The third-order valence-electron chi connectivity index (χ3n) is 2.12. The highest BCUT2D eigenvalue weighted by Gasteiger charge is 2.27. The summed E-state index contributed by atoms with van der Waals surface area (Å²) in [5, 5.41) is 0. The summed E-state index contributed by atoms with van der Waals surface area (Å²) in [5.41, 5.74) is 1.21. The highest BCUT2D eigenvalue weighted by atomic mass is 79.9. The minimum Gasteiger partial charge on any atom is -0.468 e. The summed E-state index contributed by atoms with van der Waals surface area (Å²) in [5.74, 6) is 0.987. The molecule has 1 aromatic rings. The first-order chi connectivity index (χ1) is 5.96. The Hall–Kier alpha value is -0.500. The van der Waals surface area contributed by atoms with Crippen LogP contribution in [0.15, 0.2) is 32.9 Å². The maximum absolute atomic E-state index is 5.41. The second-order valence-electron chi connectivity index (χ2n) is 3.92. The summed E-state index contributed by atoms with van der Waals surface area (Å²) in [6, 6.07) is 3.92. The van der Waals surface area contributed by atoms with E-state index < -0.39 is 0 Å². The summed E-state index contributed by atoms with van der Waals surface area (Å²) in [4.78, 5) is 0. The third kappa shape index (κ3) is 2.05. The Labute approximate surface area is 88.0 Å². The van der Waals surface area contributed by atoms with Crippen LogP contribution < -0.4 is 0 Å². The van der Waals surface area contributed by atoms with Crippen molar-refractivity contribution in [3.8, 4) is 0 Å². The van der Waals surface area contributed by atoms with Gasteiger partial charge in [0.15, 0.2) is 0 Å². The molecule has 0 spiro atoms. The molecule has 0 radical (unpaired) electrons. The molecule has 72 valence electrons. The predicted octanol–water partition coefficient (Wildman–Crippen LogP) is 4.25. The molecule has 0 unspecified atom stereocenters. The number of allylic oxidation sites excluding steroid dienone is 2. The first-order valence-electron chi connectivity index (χ1n) is 4.33. The number of furan rings is 1. The van der Waals surface area contributed by atoms with Gasteiger partial charge < -0.3 is 4.42 Å². The van der Waals surface area contributed by atoms with Gasteiger partial charge >= 0.3 is 0 Å². The van der Waals surface area contributed by atoms with Gasteiger partial charge in [0.1, 0.15) is 5.76 Å². The van der Waals surface area contributed by atoms with Crippen LogP contribution in [0.4, 0.5) is 0 Å². The Morgan fingerprint density at radius 2 is 2.00 bits per heavy atom. The van der Waals surface area contributed by atoms with E-state index in [0.717, 1.165) is 5.76 Å². The fourth-order valence-corrected chi connectivity index (χ4v) is 1.56. The minimum absolute atomic E-state index is 0.0671. The van der Waals surface area contributed by atoms with Crippen LogP contribution in [0.2, 0.25) is 0 Å². The van der Waals surface area contributed by atoms with E-state index in [1.54, 1.807) is 6.26 Å². The Morgan fingerprint density at radius 1 is 1.38 bits per heavy atom. The lowest BCUT2D eigenvalue weighted by molar-refractivity contribution is 0.434. The normalized spacial score (nSPS) is 11.5. The van der Waals surface area contributed by atoms with Gasteiger partial charge in [-0.1, -0.05) is 21.5 Å². The van der Waals surface area contributed by atoms with E-state index in [0.29, 0.717) is 0 Å². The number of hydrogen-bond acceptors (Lipinski definition) is 1. The standard InChI is InChI=1S/C11H15BrO/c1-8(2)10(12)11(3,4)9-6-5-7-13-9/h5-7H,1-4H3. The Kier molecular flexibility index (Phi) is 3.01. The van der Waals surface area contributed by atoms with Gasteiger partial charge in [0.2, 0.25) is 0 Å². The van der Waals surface area contributed by atoms with Crippen LogP contribution in [0.1, 0.15) is 33.5 Å². The second kappa shape index (κ2) is 3.70. The number of hydrogen-bond donors (Lipinski definition) is 0. The third-order valence-corrected chi connectivity index (χ3v) is 3.91. The molecule has 0 amide bonds. The minimum atomic E-state index is -0.0671. The van der Waals surface area contributed by atoms with Crippen molar-refractivity contribution in [2.75, 3.05) is 0 Å². The zero-order valence-corrected chi connectivity index (χ0v) is 10.1. The van der Waals surface area contributed by atoms with Crippen LogP contribution in [-0.4, -0.2) is 0 Å².